The van der Waals surface area contributed by atoms with Crippen LogP contribution in [0.4, 0.5) is 21.7 Å². The zero-order valence-electron chi connectivity index (χ0n) is 27.0. The molecule has 7 rings (SSSR count). The van der Waals surface area contributed by atoms with E-state index in [1.807, 2.05) is 6.07 Å². The minimum Gasteiger partial charge on any atom is -0.486 e. The Labute approximate surface area is 278 Å². The Kier molecular flexibility index (Phi) is 9.19. The summed E-state index contributed by atoms with van der Waals surface area (Å²) in [5.41, 5.74) is 4.04. The summed E-state index contributed by atoms with van der Waals surface area (Å²) in [7, 11) is 0. The van der Waals surface area contributed by atoms with E-state index < -0.39 is 12.3 Å². The maximum Gasteiger partial charge on any atom is 0.230 e. The zero-order valence-corrected chi connectivity index (χ0v) is 27.0. The van der Waals surface area contributed by atoms with E-state index in [4.69, 9.17) is 9.47 Å². The van der Waals surface area contributed by atoms with Gasteiger partial charge in [0, 0.05) is 74.8 Å². The van der Waals surface area contributed by atoms with Gasteiger partial charge in [-0.25, -0.2) is 14.4 Å². The molecule has 1 saturated carbocycles. The monoisotopic (exact) mass is 654 g/mol. The topological polar surface area (TPSA) is 137 Å². The maximum absolute atomic E-state index is 15.2. The quantitative estimate of drug-likeness (QED) is 0.381. The number of carbonyl (C=O) groups excluding carboxylic acids is 2. The second kappa shape index (κ2) is 13.8. The number of piperazine rings is 1. The van der Waals surface area contributed by atoms with E-state index in [2.05, 4.69) is 55.2 Å². The van der Waals surface area contributed by atoms with Crippen LogP contribution in [0.1, 0.15) is 36.8 Å². The Bertz CT molecular complexity index is 1720. The van der Waals surface area contributed by atoms with Crippen LogP contribution in [0.5, 0.6) is 5.75 Å². The van der Waals surface area contributed by atoms with Crippen molar-refractivity contribution in [3.63, 3.8) is 0 Å². The summed E-state index contributed by atoms with van der Waals surface area (Å²) in [4.78, 5) is 44.0. The second-order valence-electron chi connectivity index (χ2n) is 13.0. The number of hydrogen-bond donors (Lipinski definition) is 1. The van der Waals surface area contributed by atoms with Crippen LogP contribution < -0.4 is 15.0 Å². The van der Waals surface area contributed by atoms with Crippen LogP contribution in [-0.2, 0) is 14.3 Å². The van der Waals surface area contributed by atoms with Crippen LogP contribution >= 0.6 is 0 Å². The highest BCUT2D eigenvalue weighted by atomic mass is 19.1. The first-order valence-corrected chi connectivity index (χ1v) is 16.6. The number of Topliss-reactive ketones (excluding diaryl/α,β-unsaturated/α-hetero) is 1. The number of piperidine rings is 1. The second-order valence-corrected chi connectivity index (χ2v) is 13.0. The number of alkyl halides is 1. The number of benzene rings is 2. The molecule has 1 aliphatic carbocycles. The van der Waals surface area contributed by atoms with Crippen molar-refractivity contribution in [3.8, 4) is 23.2 Å². The molecular weight excluding hydrogens is 615 g/mol. The number of anilines is 3. The van der Waals surface area contributed by atoms with Gasteiger partial charge in [-0.15, -0.1) is 0 Å². The highest BCUT2D eigenvalue weighted by molar-refractivity contribution is 5.90. The van der Waals surface area contributed by atoms with E-state index in [0.717, 1.165) is 50.6 Å². The highest BCUT2D eigenvalue weighted by Crippen LogP contribution is 2.31. The maximum atomic E-state index is 15.2. The number of ketones is 1. The van der Waals surface area contributed by atoms with Crippen LogP contribution in [0.15, 0.2) is 42.7 Å². The molecule has 0 radical (unpaired) electrons. The Morgan fingerprint density at radius 2 is 1.92 bits per heavy atom. The molecule has 2 aromatic carbocycles. The van der Waals surface area contributed by atoms with Gasteiger partial charge in [0.25, 0.3) is 0 Å². The molecule has 3 aromatic rings. The summed E-state index contributed by atoms with van der Waals surface area (Å²) in [5, 5.41) is 13.2. The summed E-state index contributed by atoms with van der Waals surface area (Å²) < 4.78 is 26.5. The predicted molar refractivity (Wildman–Crippen MR) is 176 cm³/mol. The molecule has 250 valence electrons. The molecule has 1 N–H and O–H groups in total. The number of halogens is 1. The first-order chi connectivity index (χ1) is 23.3. The number of nitriles is 1. The fourth-order valence-electron chi connectivity index (χ4n) is 7.00. The van der Waals surface area contributed by atoms with Gasteiger partial charge in [0.2, 0.25) is 11.9 Å². The number of ether oxygens (including phenoxy) is 2. The smallest absolute Gasteiger partial charge is 0.230 e. The van der Waals surface area contributed by atoms with Gasteiger partial charge in [0.15, 0.2) is 12.0 Å². The Morgan fingerprint density at radius 1 is 1.08 bits per heavy atom. The van der Waals surface area contributed by atoms with Crippen molar-refractivity contribution in [2.24, 2.45) is 5.92 Å². The third kappa shape index (κ3) is 6.81. The molecular formula is C35H39FN8O4. The van der Waals surface area contributed by atoms with E-state index in [1.165, 1.54) is 16.9 Å². The van der Waals surface area contributed by atoms with Crippen molar-refractivity contribution in [1.29, 1.82) is 5.26 Å². The molecule has 3 aliphatic heterocycles. The fraction of sp³-hybridized carbons (Fsp3) is 0.486. The number of aryl methyl sites for hydroxylation is 1. The van der Waals surface area contributed by atoms with E-state index in [-0.39, 0.29) is 48.3 Å². The Hall–Kier alpha value is -4.67. The molecule has 1 amide bonds. The lowest BCUT2D eigenvalue weighted by Crippen LogP contribution is -2.56. The van der Waals surface area contributed by atoms with Gasteiger partial charge in [-0.2, -0.15) is 10.2 Å². The molecule has 0 spiro atoms. The number of hydrogen-bond acceptors (Lipinski definition) is 11. The summed E-state index contributed by atoms with van der Waals surface area (Å²) in [6, 6.07) is 13.9. The van der Waals surface area contributed by atoms with E-state index in [1.54, 1.807) is 18.2 Å². The zero-order chi connectivity index (χ0) is 33.2. The summed E-state index contributed by atoms with van der Waals surface area (Å²) in [6.45, 7) is 8.06. The van der Waals surface area contributed by atoms with Gasteiger partial charge in [0.1, 0.15) is 30.0 Å². The van der Waals surface area contributed by atoms with E-state index in [0.29, 0.717) is 42.8 Å². The first kappa shape index (κ1) is 31.9. The molecule has 1 unspecified atom stereocenters. The average Bonchev–Trinajstić information content (AvgIpc) is 3.51. The molecule has 3 saturated heterocycles. The molecule has 4 heterocycles. The van der Waals surface area contributed by atoms with Crippen LogP contribution in [0.25, 0.3) is 11.4 Å². The van der Waals surface area contributed by atoms with Crippen molar-refractivity contribution in [1.82, 2.24) is 24.8 Å². The van der Waals surface area contributed by atoms with Crippen molar-refractivity contribution in [3.05, 3.63) is 53.9 Å². The van der Waals surface area contributed by atoms with Gasteiger partial charge >= 0.3 is 0 Å². The summed E-state index contributed by atoms with van der Waals surface area (Å²) in [6.07, 6.45) is 0.670. The van der Waals surface area contributed by atoms with Gasteiger partial charge in [-0.05, 0) is 55.3 Å². The van der Waals surface area contributed by atoms with Gasteiger partial charge < -0.3 is 24.6 Å². The number of carbonyl (C=O) groups is 2. The molecule has 0 bridgehead atoms. The predicted octanol–water partition coefficient (Wildman–Crippen LogP) is 3.67. The van der Waals surface area contributed by atoms with Crippen LogP contribution in [0.2, 0.25) is 0 Å². The van der Waals surface area contributed by atoms with Crippen molar-refractivity contribution in [2.45, 2.75) is 50.9 Å². The van der Waals surface area contributed by atoms with Gasteiger partial charge in [-0.3, -0.25) is 14.5 Å². The summed E-state index contributed by atoms with van der Waals surface area (Å²) >= 11 is 0. The number of likely N-dealkylation sites (tertiary alicyclic amines) is 1. The number of nitrogens with zero attached hydrogens (tertiary/aromatic N) is 7. The fourth-order valence-corrected chi connectivity index (χ4v) is 7.00. The molecule has 1 aromatic heterocycles. The number of rotatable bonds is 8. The van der Waals surface area contributed by atoms with Crippen LogP contribution in [0, 0.1) is 24.2 Å². The first-order valence-electron chi connectivity index (χ1n) is 16.6. The van der Waals surface area contributed by atoms with Crippen LogP contribution in [0.3, 0.4) is 0 Å². The lowest BCUT2D eigenvalue weighted by Gasteiger charge is -2.43. The van der Waals surface area contributed by atoms with Crippen molar-refractivity contribution < 1.29 is 23.5 Å². The third-order valence-electron chi connectivity index (χ3n) is 9.84. The highest BCUT2D eigenvalue weighted by Gasteiger charge is 2.38. The molecule has 12 nitrogen and oxygen atoms in total. The molecule has 4 aliphatic rings. The third-order valence-corrected chi connectivity index (χ3v) is 9.84. The van der Waals surface area contributed by atoms with E-state index >= 15 is 4.39 Å². The van der Waals surface area contributed by atoms with Gasteiger partial charge in [-0.1, -0.05) is 0 Å². The number of amides is 1. The minimum absolute atomic E-state index is 0.0843. The Balaban J connectivity index is 0.972. The minimum atomic E-state index is -1.42. The van der Waals surface area contributed by atoms with E-state index in [9.17, 15) is 14.9 Å². The molecule has 3 atom stereocenters. The Morgan fingerprint density at radius 3 is 2.60 bits per heavy atom. The number of aromatic nitrogens is 3. The lowest BCUT2D eigenvalue weighted by atomic mass is 10.0. The van der Waals surface area contributed by atoms with Gasteiger partial charge in [0.05, 0.1) is 31.4 Å². The lowest BCUT2D eigenvalue weighted by molar-refractivity contribution is -0.139. The SMILES string of the molecule is Cc1cc(Nc2ncnc(-c3ccc(O[C@H]4CCN(C(=O)C5CCC(=O)C5)C[C@H]4F)c(C#N)c3)n2)ccc1N1CCN(C2COC2)CC1. The van der Waals surface area contributed by atoms with Crippen molar-refractivity contribution in [2.75, 3.05) is 62.7 Å². The standard InChI is InChI=1S/C35H39FN8O4/c1-22-14-26(4-6-30(22)43-12-10-42(11-13-43)27-19-47-20-27)40-35-39-21-38-33(41-35)23-3-7-31(25(15-23)17-37)48-32-8-9-44(18-29(32)36)34(46)24-2-5-28(45)16-24/h3-4,6-7,14-15,21,24,27,29,32H,2,5,8-13,16,18-20H2,1H3,(H,38,39,40,41)/t24?,29-,32+/m1/s1. The average molecular weight is 655 g/mol. The molecule has 4 fully saturated rings. The largest absolute Gasteiger partial charge is 0.486 e. The molecule has 13 heteroatoms. The van der Waals surface area contributed by atoms with Crippen molar-refractivity contribution >= 4 is 29.0 Å². The normalized spacial score (nSPS) is 23.4. The summed E-state index contributed by atoms with van der Waals surface area (Å²) in [5.74, 6) is 0.578. The number of nitrogens with one attached hydrogen (secondary N) is 1. The van der Waals surface area contributed by atoms with Crippen LogP contribution in [-0.4, -0.2) is 107 Å². The molecule has 48 heavy (non-hydrogen) atoms.